The van der Waals surface area contributed by atoms with Crippen LogP contribution in [0.4, 0.5) is 0 Å². The molecule has 1 aromatic carbocycles. The monoisotopic (exact) mass is 270 g/mol. The van der Waals surface area contributed by atoms with E-state index in [0.29, 0.717) is 13.0 Å². The van der Waals surface area contributed by atoms with E-state index in [4.69, 9.17) is 4.74 Å². The number of hydrogen-bond acceptors (Lipinski definition) is 2. The molecule has 0 fully saturated rings. The smallest absolute Gasteiger partial charge is 0.306 e. The van der Waals surface area contributed by atoms with Crippen molar-refractivity contribution in [3.63, 3.8) is 0 Å². The third-order valence-electron chi connectivity index (χ3n) is 2.22. The van der Waals surface area contributed by atoms with Gasteiger partial charge in [0, 0.05) is 4.47 Å². The number of rotatable bonds is 4. The lowest BCUT2D eigenvalue weighted by atomic mass is 9.98. The molecule has 0 bridgehead atoms. The molecule has 1 aromatic rings. The SMILES string of the molecule is CCOC(=O)C[C@H](C)c1ccc(Br)cc1. The second-order valence-electron chi connectivity index (χ2n) is 3.46. The van der Waals surface area contributed by atoms with Gasteiger partial charge in [-0.3, -0.25) is 4.79 Å². The molecule has 82 valence electrons. The summed E-state index contributed by atoms with van der Waals surface area (Å²) in [5.74, 6) is 0.0741. The zero-order valence-corrected chi connectivity index (χ0v) is 10.6. The summed E-state index contributed by atoms with van der Waals surface area (Å²) in [6, 6.07) is 8.01. The molecule has 0 saturated carbocycles. The van der Waals surface area contributed by atoms with Gasteiger partial charge in [-0.2, -0.15) is 0 Å². The molecule has 1 rings (SSSR count). The molecular weight excluding hydrogens is 256 g/mol. The largest absolute Gasteiger partial charge is 0.466 e. The summed E-state index contributed by atoms with van der Waals surface area (Å²) < 4.78 is 5.96. The summed E-state index contributed by atoms with van der Waals surface area (Å²) in [6.45, 7) is 4.30. The normalized spacial score (nSPS) is 12.2. The number of benzene rings is 1. The van der Waals surface area contributed by atoms with Crippen molar-refractivity contribution in [3.05, 3.63) is 34.3 Å². The van der Waals surface area contributed by atoms with Crippen molar-refractivity contribution < 1.29 is 9.53 Å². The van der Waals surface area contributed by atoms with Crippen molar-refractivity contribution >= 4 is 21.9 Å². The van der Waals surface area contributed by atoms with Crippen LogP contribution < -0.4 is 0 Å². The van der Waals surface area contributed by atoms with Crippen LogP contribution in [-0.4, -0.2) is 12.6 Å². The molecule has 3 heteroatoms. The second-order valence-corrected chi connectivity index (χ2v) is 4.38. The van der Waals surface area contributed by atoms with E-state index in [2.05, 4.69) is 15.9 Å². The van der Waals surface area contributed by atoms with Gasteiger partial charge in [0.25, 0.3) is 0 Å². The first-order valence-corrected chi connectivity index (χ1v) is 5.84. The van der Waals surface area contributed by atoms with Crippen LogP contribution >= 0.6 is 15.9 Å². The van der Waals surface area contributed by atoms with Crippen LogP contribution in [-0.2, 0) is 9.53 Å². The van der Waals surface area contributed by atoms with E-state index in [0.717, 1.165) is 10.0 Å². The first-order valence-electron chi connectivity index (χ1n) is 5.04. The molecule has 0 spiro atoms. The zero-order chi connectivity index (χ0) is 11.3. The number of carbonyl (C=O) groups excluding carboxylic acids is 1. The van der Waals surface area contributed by atoms with E-state index in [1.165, 1.54) is 0 Å². The van der Waals surface area contributed by atoms with E-state index < -0.39 is 0 Å². The molecule has 0 radical (unpaired) electrons. The predicted molar refractivity (Wildman–Crippen MR) is 63.8 cm³/mol. The molecule has 0 aliphatic carbocycles. The highest BCUT2D eigenvalue weighted by Crippen LogP contribution is 2.21. The number of hydrogen-bond donors (Lipinski definition) is 0. The standard InChI is InChI=1S/C12H15BrO2/c1-3-15-12(14)8-9(2)10-4-6-11(13)7-5-10/h4-7,9H,3,8H2,1-2H3/t9-/m0/s1. The molecular formula is C12H15BrO2. The van der Waals surface area contributed by atoms with Gasteiger partial charge in [-0.25, -0.2) is 0 Å². The Morgan fingerprint density at radius 2 is 2.00 bits per heavy atom. The topological polar surface area (TPSA) is 26.3 Å². The summed E-state index contributed by atoms with van der Waals surface area (Å²) in [5, 5.41) is 0. The highest BCUT2D eigenvalue weighted by Gasteiger charge is 2.11. The van der Waals surface area contributed by atoms with Gasteiger partial charge in [0.15, 0.2) is 0 Å². The number of carbonyl (C=O) groups is 1. The van der Waals surface area contributed by atoms with Crippen LogP contribution in [0.2, 0.25) is 0 Å². The molecule has 0 unspecified atom stereocenters. The summed E-state index contributed by atoms with van der Waals surface area (Å²) in [5.41, 5.74) is 1.16. The van der Waals surface area contributed by atoms with Crippen LogP contribution in [0, 0.1) is 0 Å². The van der Waals surface area contributed by atoms with Crippen molar-refractivity contribution in [1.29, 1.82) is 0 Å². The minimum absolute atomic E-state index is 0.132. The molecule has 0 amide bonds. The van der Waals surface area contributed by atoms with E-state index in [1.54, 1.807) is 0 Å². The van der Waals surface area contributed by atoms with Crippen LogP contribution in [0.3, 0.4) is 0 Å². The van der Waals surface area contributed by atoms with Gasteiger partial charge in [0.05, 0.1) is 13.0 Å². The van der Waals surface area contributed by atoms with Crippen molar-refractivity contribution in [2.45, 2.75) is 26.2 Å². The molecule has 0 aliphatic heterocycles. The number of halogens is 1. The average Bonchev–Trinajstić information content (AvgIpc) is 2.18. The minimum atomic E-state index is -0.132. The Morgan fingerprint density at radius 1 is 1.40 bits per heavy atom. The number of esters is 1. The Morgan fingerprint density at radius 3 is 2.53 bits per heavy atom. The van der Waals surface area contributed by atoms with Crippen molar-refractivity contribution in [2.24, 2.45) is 0 Å². The lowest BCUT2D eigenvalue weighted by molar-refractivity contribution is -0.143. The molecule has 0 heterocycles. The van der Waals surface area contributed by atoms with E-state index in [-0.39, 0.29) is 11.9 Å². The summed E-state index contributed by atoms with van der Waals surface area (Å²) in [4.78, 5) is 11.3. The fraction of sp³-hybridized carbons (Fsp3) is 0.417. The van der Waals surface area contributed by atoms with Crippen molar-refractivity contribution in [3.8, 4) is 0 Å². The Kier molecular flexibility index (Phi) is 4.82. The fourth-order valence-corrected chi connectivity index (χ4v) is 1.64. The molecule has 0 aliphatic rings. The summed E-state index contributed by atoms with van der Waals surface area (Å²) in [7, 11) is 0. The van der Waals surface area contributed by atoms with Gasteiger partial charge in [0.1, 0.15) is 0 Å². The maximum atomic E-state index is 11.3. The van der Waals surface area contributed by atoms with Crippen LogP contribution in [0.25, 0.3) is 0 Å². The van der Waals surface area contributed by atoms with Crippen molar-refractivity contribution in [2.75, 3.05) is 6.61 Å². The second kappa shape index (κ2) is 5.91. The van der Waals surface area contributed by atoms with Crippen LogP contribution in [0.15, 0.2) is 28.7 Å². The molecule has 2 nitrogen and oxygen atoms in total. The Bertz CT molecular complexity index is 319. The van der Waals surface area contributed by atoms with Gasteiger partial charge in [-0.05, 0) is 30.5 Å². The van der Waals surface area contributed by atoms with Gasteiger partial charge in [-0.1, -0.05) is 35.0 Å². The predicted octanol–water partition coefficient (Wildman–Crippen LogP) is 3.51. The van der Waals surface area contributed by atoms with Crippen LogP contribution in [0.1, 0.15) is 31.7 Å². The maximum Gasteiger partial charge on any atom is 0.306 e. The van der Waals surface area contributed by atoms with E-state index >= 15 is 0 Å². The molecule has 0 saturated heterocycles. The first kappa shape index (κ1) is 12.2. The summed E-state index contributed by atoms with van der Waals surface area (Å²) >= 11 is 3.38. The van der Waals surface area contributed by atoms with E-state index in [1.807, 2.05) is 38.1 Å². The summed E-state index contributed by atoms with van der Waals surface area (Å²) in [6.07, 6.45) is 0.440. The maximum absolute atomic E-state index is 11.3. The Labute approximate surface area is 98.8 Å². The third-order valence-corrected chi connectivity index (χ3v) is 2.75. The minimum Gasteiger partial charge on any atom is -0.466 e. The van der Waals surface area contributed by atoms with Crippen LogP contribution in [0.5, 0.6) is 0 Å². The lowest BCUT2D eigenvalue weighted by Crippen LogP contribution is -2.08. The quantitative estimate of drug-likeness (QED) is 0.783. The average molecular weight is 271 g/mol. The fourth-order valence-electron chi connectivity index (χ4n) is 1.38. The lowest BCUT2D eigenvalue weighted by Gasteiger charge is -2.10. The Hall–Kier alpha value is -0.830. The zero-order valence-electron chi connectivity index (χ0n) is 9.00. The number of ether oxygens (including phenoxy) is 1. The Balaban J connectivity index is 2.57. The molecule has 1 atom stereocenters. The van der Waals surface area contributed by atoms with Gasteiger partial charge in [0.2, 0.25) is 0 Å². The van der Waals surface area contributed by atoms with Gasteiger partial charge in [-0.15, -0.1) is 0 Å². The van der Waals surface area contributed by atoms with Gasteiger partial charge < -0.3 is 4.74 Å². The molecule has 0 aromatic heterocycles. The van der Waals surface area contributed by atoms with E-state index in [9.17, 15) is 4.79 Å². The highest BCUT2D eigenvalue weighted by molar-refractivity contribution is 9.10. The highest BCUT2D eigenvalue weighted by atomic mass is 79.9. The first-order chi connectivity index (χ1) is 7.13. The molecule has 0 N–H and O–H groups in total. The van der Waals surface area contributed by atoms with Crippen molar-refractivity contribution in [1.82, 2.24) is 0 Å². The van der Waals surface area contributed by atoms with Gasteiger partial charge >= 0.3 is 5.97 Å². The third kappa shape index (κ3) is 4.04. The molecule has 15 heavy (non-hydrogen) atoms.